The van der Waals surface area contributed by atoms with Crippen molar-refractivity contribution in [2.45, 2.75) is 12.8 Å². The van der Waals surface area contributed by atoms with Gasteiger partial charge in [-0.1, -0.05) is 12.1 Å². The van der Waals surface area contributed by atoms with Gasteiger partial charge in [0.05, 0.1) is 6.54 Å². The molecule has 0 spiro atoms. The molecule has 0 fully saturated rings. The first-order valence-corrected chi connectivity index (χ1v) is 10.8. The Kier molecular flexibility index (Phi) is 11.4. The number of benzene rings is 2. The van der Waals surface area contributed by atoms with Crippen LogP contribution in [0.25, 0.3) is 0 Å². The van der Waals surface area contributed by atoms with Gasteiger partial charge in [0.1, 0.15) is 0 Å². The summed E-state index contributed by atoms with van der Waals surface area (Å²) in [7, 11) is 3.23. The maximum Gasteiger partial charge on any atom is 0.251 e. The van der Waals surface area contributed by atoms with Gasteiger partial charge in [-0.2, -0.15) is 0 Å². The predicted molar refractivity (Wildman–Crippen MR) is 128 cm³/mol. The van der Waals surface area contributed by atoms with Crippen LogP contribution in [0, 0.1) is 0 Å². The third-order valence-corrected chi connectivity index (χ3v) is 4.61. The molecule has 0 aromatic heterocycles. The Labute approximate surface area is 194 Å². The fourth-order valence-corrected chi connectivity index (χ4v) is 2.94. The van der Waals surface area contributed by atoms with E-state index in [4.69, 9.17) is 9.47 Å². The summed E-state index contributed by atoms with van der Waals surface area (Å²) in [6.07, 6.45) is 1.46. The minimum absolute atomic E-state index is 0.00630. The Morgan fingerprint density at radius 3 is 1.82 bits per heavy atom. The quantitative estimate of drug-likeness (QED) is 0.324. The van der Waals surface area contributed by atoms with Crippen LogP contribution in [0.5, 0.6) is 0 Å². The van der Waals surface area contributed by atoms with Gasteiger partial charge in [0.2, 0.25) is 5.91 Å². The first-order valence-electron chi connectivity index (χ1n) is 10.8. The molecular formula is C24H32N4O5. The average molecular weight is 457 g/mol. The van der Waals surface area contributed by atoms with Crippen LogP contribution in [-0.4, -0.2) is 64.8 Å². The summed E-state index contributed by atoms with van der Waals surface area (Å²) in [5.74, 6) is -0.670. The average Bonchev–Trinajstić information content (AvgIpc) is 2.83. The molecule has 9 nitrogen and oxygen atoms in total. The molecule has 33 heavy (non-hydrogen) atoms. The maximum absolute atomic E-state index is 12.4. The van der Waals surface area contributed by atoms with Crippen LogP contribution in [0.4, 0.5) is 11.4 Å². The van der Waals surface area contributed by atoms with Crippen molar-refractivity contribution in [2.24, 2.45) is 0 Å². The van der Waals surface area contributed by atoms with Gasteiger partial charge in [0.25, 0.3) is 11.8 Å². The normalized spacial score (nSPS) is 10.4. The molecule has 0 radical (unpaired) electrons. The van der Waals surface area contributed by atoms with Gasteiger partial charge in [-0.3, -0.25) is 14.4 Å². The molecule has 4 N–H and O–H groups in total. The molecule has 9 heteroatoms. The lowest BCUT2D eigenvalue weighted by atomic mass is 10.2. The van der Waals surface area contributed by atoms with Crippen LogP contribution >= 0.6 is 0 Å². The SMILES string of the molecule is COCCCNC(=O)c1cccc(NCC(=O)Nc2cccc(C(=O)NCCCOC)c2)c1. The van der Waals surface area contributed by atoms with Gasteiger partial charge in [-0.05, 0) is 49.2 Å². The van der Waals surface area contributed by atoms with Gasteiger partial charge < -0.3 is 30.7 Å². The number of amides is 3. The fraction of sp³-hybridized carbons (Fsp3) is 0.375. The van der Waals surface area contributed by atoms with Crippen molar-refractivity contribution in [1.29, 1.82) is 0 Å². The van der Waals surface area contributed by atoms with E-state index in [0.717, 1.165) is 12.8 Å². The summed E-state index contributed by atoms with van der Waals surface area (Å²) in [4.78, 5) is 36.8. The van der Waals surface area contributed by atoms with Crippen LogP contribution in [0.15, 0.2) is 48.5 Å². The Balaban J connectivity index is 1.83. The third-order valence-electron chi connectivity index (χ3n) is 4.61. The minimum atomic E-state index is -0.276. The lowest BCUT2D eigenvalue weighted by Crippen LogP contribution is -2.26. The van der Waals surface area contributed by atoms with Crippen LogP contribution in [-0.2, 0) is 14.3 Å². The lowest BCUT2D eigenvalue weighted by molar-refractivity contribution is -0.114. The molecule has 2 aromatic carbocycles. The molecule has 178 valence electrons. The molecule has 0 heterocycles. The van der Waals surface area contributed by atoms with E-state index in [1.165, 1.54) is 0 Å². The van der Waals surface area contributed by atoms with E-state index in [9.17, 15) is 14.4 Å². The van der Waals surface area contributed by atoms with E-state index in [0.29, 0.717) is 48.8 Å². The highest BCUT2D eigenvalue weighted by molar-refractivity contribution is 5.98. The van der Waals surface area contributed by atoms with E-state index in [1.54, 1.807) is 62.8 Å². The number of carbonyl (C=O) groups excluding carboxylic acids is 3. The number of anilines is 2. The second-order valence-electron chi connectivity index (χ2n) is 7.27. The summed E-state index contributed by atoms with van der Waals surface area (Å²) < 4.78 is 9.92. The second-order valence-corrected chi connectivity index (χ2v) is 7.27. The molecule has 0 atom stereocenters. The number of ether oxygens (including phenoxy) is 2. The predicted octanol–water partition coefficient (Wildman–Crippen LogP) is 2.27. The number of carbonyl (C=O) groups is 3. The van der Waals surface area contributed by atoms with Gasteiger partial charge in [0.15, 0.2) is 0 Å². The molecule has 0 saturated heterocycles. The molecule has 0 saturated carbocycles. The summed E-state index contributed by atoms with van der Waals surface area (Å²) in [5.41, 5.74) is 2.14. The summed E-state index contributed by atoms with van der Waals surface area (Å²) >= 11 is 0. The van der Waals surface area contributed by atoms with Crippen molar-refractivity contribution in [3.8, 4) is 0 Å². The van der Waals surface area contributed by atoms with Crippen molar-refractivity contribution in [3.63, 3.8) is 0 Å². The molecule has 0 aliphatic heterocycles. The van der Waals surface area contributed by atoms with Crippen LogP contribution in [0.1, 0.15) is 33.6 Å². The highest BCUT2D eigenvalue weighted by atomic mass is 16.5. The van der Waals surface area contributed by atoms with Crippen molar-refractivity contribution in [2.75, 3.05) is 57.7 Å². The van der Waals surface area contributed by atoms with Crippen molar-refractivity contribution in [1.82, 2.24) is 10.6 Å². The van der Waals surface area contributed by atoms with E-state index >= 15 is 0 Å². The third kappa shape index (κ3) is 9.71. The maximum atomic E-state index is 12.4. The molecule has 0 aliphatic rings. The Bertz CT molecular complexity index is 919. The monoisotopic (exact) mass is 456 g/mol. The molecule has 0 aliphatic carbocycles. The number of hydrogen-bond donors (Lipinski definition) is 4. The van der Waals surface area contributed by atoms with Crippen molar-refractivity contribution < 1.29 is 23.9 Å². The largest absolute Gasteiger partial charge is 0.385 e. The zero-order valence-electron chi connectivity index (χ0n) is 19.1. The number of methoxy groups -OCH3 is 2. The Hall–Kier alpha value is -3.43. The molecule has 3 amide bonds. The molecule has 2 aromatic rings. The summed E-state index contributed by atoms with van der Waals surface area (Å²) in [6.45, 7) is 2.20. The fourth-order valence-electron chi connectivity index (χ4n) is 2.94. The Morgan fingerprint density at radius 2 is 1.27 bits per heavy atom. The standard InChI is InChI=1S/C24H32N4O5/c1-32-13-5-11-25-23(30)18-7-3-9-20(15-18)27-17-22(29)28-21-10-4-8-19(16-21)24(31)26-12-6-14-33-2/h3-4,7-10,15-16,27H,5-6,11-14,17H2,1-2H3,(H,25,30)(H,26,31)(H,28,29). The topological polar surface area (TPSA) is 118 Å². The highest BCUT2D eigenvalue weighted by Crippen LogP contribution is 2.12. The van der Waals surface area contributed by atoms with Gasteiger partial charge in [-0.15, -0.1) is 0 Å². The van der Waals surface area contributed by atoms with Crippen LogP contribution < -0.4 is 21.3 Å². The van der Waals surface area contributed by atoms with E-state index in [-0.39, 0.29) is 24.3 Å². The van der Waals surface area contributed by atoms with E-state index < -0.39 is 0 Å². The van der Waals surface area contributed by atoms with Gasteiger partial charge >= 0.3 is 0 Å². The highest BCUT2D eigenvalue weighted by Gasteiger charge is 2.09. The molecule has 0 bridgehead atoms. The summed E-state index contributed by atoms with van der Waals surface area (Å²) in [6, 6.07) is 13.7. The van der Waals surface area contributed by atoms with E-state index in [1.807, 2.05) is 0 Å². The van der Waals surface area contributed by atoms with Crippen LogP contribution in [0.2, 0.25) is 0 Å². The molecular weight excluding hydrogens is 424 g/mol. The van der Waals surface area contributed by atoms with Crippen LogP contribution in [0.3, 0.4) is 0 Å². The molecule has 0 unspecified atom stereocenters. The van der Waals surface area contributed by atoms with Crippen molar-refractivity contribution >= 4 is 29.1 Å². The zero-order chi connectivity index (χ0) is 23.9. The number of nitrogens with one attached hydrogen (secondary N) is 4. The lowest BCUT2D eigenvalue weighted by Gasteiger charge is -2.11. The first kappa shape index (κ1) is 25.8. The van der Waals surface area contributed by atoms with Gasteiger partial charge in [0, 0.05) is 63.0 Å². The smallest absolute Gasteiger partial charge is 0.251 e. The minimum Gasteiger partial charge on any atom is -0.385 e. The second kappa shape index (κ2) is 14.6. The summed E-state index contributed by atoms with van der Waals surface area (Å²) in [5, 5.41) is 11.4. The van der Waals surface area contributed by atoms with E-state index in [2.05, 4.69) is 21.3 Å². The number of rotatable bonds is 14. The zero-order valence-corrected chi connectivity index (χ0v) is 19.1. The molecule has 2 rings (SSSR count). The van der Waals surface area contributed by atoms with Crippen molar-refractivity contribution in [3.05, 3.63) is 59.7 Å². The Morgan fingerprint density at radius 1 is 0.758 bits per heavy atom. The van der Waals surface area contributed by atoms with Gasteiger partial charge in [-0.25, -0.2) is 0 Å². The first-order chi connectivity index (χ1) is 16.0. The number of hydrogen-bond acceptors (Lipinski definition) is 6.